The van der Waals surface area contributed by atoms with Gasteiger partial charge >= 0.3 is 6.03 Å². The molecule has 0 aliphatic carbocycles. The molecule has 0 fully saturated rings. The fourth-order valence-electron chi connectivity index (χ4n) is 1.76. The Morgan fingerprint density at radius 2 is 2.13 bits per heavy atom. The minimum atomic E-state index is -0.446. The number of fused-ring (bicyclic) bond motifs is 1. The third-order valence-corrected chi connectivity index (χ3v) is 2.35. The summed E-state index contributed by atoms with van der Waals surface area (Å²) in [5.74, 6) is 0.701. The summed E-state index contributed by atoms with van der Waals surface area (Å²) in [6.07, 6.45) is 0. The SMILES string of the molecule is CC1(C)CN(C(N)=O)c2ccccc2O1. The van der Waals surface area contributed by atoms with Crippen LogP contribution in [0.1, 0.15) is 13.8 Å². The smallest absolute Gasteiger partial charge is 0.319 e. The van der Waals surface area contributed by atoms with E-state index in [1.54, 1.807) is 4.90 Å². The third kappa shape index (κ3) is 1.75. The van der Waals surface area contributed by atoms with Crippen LogP contribution < -0.4 is 15.4 Å². The van der Waals surface area contributed by atoms with E-state index in [4.69, 9.17) is 10.5 Å². The molecule has 1 heterocycles. The number of benzene rings is 1. The number of nitrogens with two attached hydrogens (primary N) is 1. The van der Waals surface area contributed by atoms with Crippen molar-refractivity contribution in [3.63, 3.8) is 0 Å². The lowest BCUT2D eigenvalue weighted by atomic mass is 10.1. The number of ether oxygens (including phenoxy) is 1. The van der Waals surface area contributed by atoms with E-state index in [0.29, 0.717) is 12.3 Å². The van der Waals surface area contributed by atoms with Crippen molar-refractivity contribution in [2.45, 2.75) is 19.4 Å². The number of carbonyl (C=O) groups is 1. The summed E-state index contributed by atoms with van der Waals surface area (Å²) in [7, 11) is 0. The molecule has 1 aliphatic heterocycles. The third-order valence-electron chi connectivity index (χ3n) is 2.35. The first-order valence-electron chi connectivity index (χ1n) is 4.85. The van der Waals surface area contributed by atoms with Crippen LogP contribution in [0.3, 0.4) is 0 Å². The van der Waals surface area contributed by atoms with Crippen molar-refractivity contribution in [1.29, 1.82) is 0 Å². The number of carbonyl (C=O) groups excluding carboxylic acids is 1. The van der Waals surface area contributed by atoms with Crippen LogP contribution in [0.25, 0.3) is 0 Å². The topological polar surface area (TPSA) is 55.6 Å². The largest absolute Gasteiger partial charge is 0.484 e. The lowest BCUT2D eigenvalue weighted by molar-refractivity contribution is 0.107. The molecule has 0 bridgehead atoms. The van der Waals surface area contributed by atoms with Gasteiger partial charge in [0.2, 0.25) is 0 Å². The zero-order valence-electron chi connectivity index (χ0n) is 8.86. The number of hydrogen-bond donors (Lipinski definition) is 1. The van der Waals surface area contributed by atoms with Crippen LogP contribution in [0.4, 0.5) is 10.5 Å². The van der Waals surface area contributed by atoms with Crippen molar-refractivity contribution >= 4 is 11.7 Å². The molecular weight excluding hydrogens is 192 g/mol. The first-order valence-corrected chi connectivity index (χ1v) is 4.85. The minimum Gasteiger partial charge on any atom is -0.484 e. The molecule has 1 aliphatic rings. The fourth-order valence-corrected chi connectivity index (χ4v) is 1.76. The number of amides is 2. The lowest BCUT2D eigenvalue weighted by Crippen LogP contribution is -2.51. The summed E-state index contributed by atoms with van der Waals surface area (Å²) < 4.78 is 5.75. The van der Waals surface area contributed by atoms with Crippen molar-refractivity contribution < 1.29 is 9.53 Å². The van der Waals surface area contributed by atoms with E-state index in [-0.39, 0.29) is 0 Å². The zero-order valence-corrected chi connectivity index (χ0v) is 8.86. The Balaban J connectivity index is 2.47. The van der Waals surface area contributed by atoms with Gasteiger partial charge in [0.1, 0.15) is 11.4 Å². The van der Waals surface area contributed by atoms with E-state index in [1.165, 1.54) is 0 Å². The van der Waals surface area contributed by atoms with Gasteiger partial charge in [0, 0.05) is 0 Å². The van der Waals surface area contributed by atoms with Gasteiger partial charge in [0.15, 0.2) is 0 Å². The predicted octanol–water partition coefficient (Wildman–Crippen LogP) is 1.74. The number of para-hydroxylation sites is 2. The maximum atomic E-state index is 11.3. The Morgan fingerprint density at radius 1 is 1.47 bits per heavy atom. The molecule has 15 heavy (non-hydrogen) atoms. The van der Waals surface area contributed by atoms with Gasteiger partial charge in [-0.3, -0.25) is 4.90 Å². The summed E-state index contributed by atoms with van der Waals surface area (Å²) in [4.78, 5) is 12.8. The number of rotatable bonds is 0. The molecule has 0 saturated heterocycles. The highest BCUT2D eigenvalue weighted by molar-refractivity contribution is 5.93. The van der Waals surface area contributed by atoms with Crippen LogP contribution in [-0.2, 0) is 0 Å². The molecule has 0 radical (unpaired) electrons. The Labute approximate surface area is 88.6 Å². The molecular formula is C11H14N2O2. The van der Waals surface area contributed by atoms with E-state index < -0.39 is 11.6 Å². The molecule has 0 unspecified atom stereocenters. The maximum Gasteiger partial charge on any atom is 0.319 e. The standard InChI is InChI=1S/C11H14N2O2/c1-11(2)7-13(10(12)14)8-5-3-4-6-9(8)15-11/h3-6H,7H2,1-2H3,(H2,12,14). The first-order chi connectivity index (χ1) is 6.99. The van der Waals surface area contributed by atoms with Gasteiger partial charge in [-0.15, -0.1) is 0 Å². The van der Waals surface area contributed by atoms with E-state index in [9.17, 15) is 4.79 Å². The Kier molecular flexibility index (Phi) is 2.07. The average molecular weight is 206 g/mol. The molecule has 0 atom stereocenters. The van der Waals surface area contributed by atoms with Crippen LogP contribution in [-0.4, -0.2) is 18.2 Å². The molecule has 0 spiro atoms. The highest BCUT2D eigenvalue weighted by atomic mass is 16.5. The van der Waals surface area contributed by atoms with Gasteiger partial charge in [-0.2, -0.15) is 0 Å². The van der Waals surface area contributed by atoms with Crippen LogP contribution in [0, 0.1) is 0 Å². The Hall–Kier alpha value is -1.71. The molecule has 1 aromatic rings. The molecule has 2 rings (SSSR count). The van der Waals surface area contributed by atoms with Crippen molar-refractivity contribution in [3.8, 4) is 5.75 Å². The number of primary amides is 1. The van der Waals surface area contributed by atoms with Crippen LogP contribution in [0.15, 0.2) is 24.3 Å². The van der Waals surface area contributed by atoms with Gasteiger partial charge in [0.05, 0.1) is 12.2 Å². The van der Waals surface area contributed by atoms with E-state index >= 15 is 0 Å². The number of hydrogen-bond acceptors (Lipinski definition) is 2. The van der Waals surface area contributed by atoms with Crippen LogP contribution >= 0.6 is 0 Å². The molecule has 80 valence electrons. The number of nitrogens with zero attached hydrogens (tertiary/aromatic N) is 1. The van der Waals surface area contributed by atoms with Crippen LogP contribution in [0.5, 0.6) is 5.75 Å². The molecule has 2 amide bonds. The second-order valence-electron chi connectivity index (χ2n) is 4.25. The van der Waals surface area contributed by atoms with Crippen LogP contribution in [0.2, 0.25) is 0 Å². The van der Waals surface area contributed by atoms with E-state index in [1.807, 2.05) is 38.1 Å². The van der Waals surface area contributed by atoms with Crippen molar-refractivity contribution in [2.24, 2.45) is 5.73 Å². The highest BCUT2D eigenvalue weighted by Crippen LogP contribution is 2.36. The van der Waals surface area contributed by atoms with Gasteiger partial charge in [-0.1, -0.05) is 12.1 Å². The summed E-state index contributed by atoms with van der Waals surface area (Å²) in [5.41, 5.74) is 5.68. The zero-order chi connectivity index (χ0) is 11.1. The number of anilines is 1. The number of urea groups is 1. The van der Waals surface area contributed by atoms with E-state index in [2.05, 4.69) is 0 Å². The maximum absolute atomic E-state index is 11.3. The van der Waals surface area contributed by atoms with Gasteiger partial charge in [-0.05, 0) is 26.0 Å². The minimum absolute atomic E-state index is 0.399. The van der Waals surface area contributed by atoms with Crippen molar-refractivity contribution in [1.82, 2.24) is 0 Å². The van der Waals surface area contributed by atoms with Crippen molar-refractivity contribution in [3.05, 3.63) is 24.3 Å². The summed E-state index contributed by atoms with van der Waals surface area (Å²) in [5, 5.41) is 0. The van der Waals surface area contributed by atoms with Gasteiger partial charge in [0.25, 0.3) is 0 Å². The Morgan fingerprint density at radius 3 is 2.80 bits per heavy atom. The normalized spacial score (nSPS) is 17.9. The molecule has 2 N–H and O–H groups in total. The molecule has 0 saturated carbocycles. The van der Waals surface area contributed by atoms with E-state index in [0.717, 1.165) is 5.69 Å². The molecule has 4 nitrogen and oxygen atoms in total. The first kappa shape index (κ1) is 9.83. The molecule has 4 heteroatoms. The summed E-state index contributed by atoms with van der Waals surface area (Å²) in [6.45, 7) is 4.33. The molecule has 1 aromatic carbocycles. The average Bonchev–Trinajstić information content (AvgIpc) is 2.14. The highest BCUT2D eigenvalue weighted by Gasteiger charge is 2.33. The van der Waals surface area contributed by atoms with Gasteiger partial charge < -0.3 is 10.5 Å². The quantitative estimate of drug-likeness (QED) is 0.703. The fraction of sp³-hybridized carbons (Fsp3) is 0.364. The summed E-state index contributed by atoms with van der Waals surface area (Å²) >= 11 is 0. The second kappa shape index (κ2) is 3.15. The monoisotopic (exact) mass is 206 g/mol. The molecule has 0 aromatic heterocycles. The second-order valence-corrected chi connectivity index (χ2v) is 4.25. The van der Waals surface area contributed by atoms with Gasteiger partial charge in [-0.25, -0.2) is 4.79 Å². The summed E-state index contributed by atoms with van der Waals surface area (Å²) in [6, 6.07) is 6.95. The lowest BCUT2D eigenvalue weighted by Gasteiger charge is -2.38. The van der Waals surface area contributed by atoms with Crippen molar-refractivity contribution in [2.75, 3.05) is 11.4 Å². The predicted molar refractivity (Wildman–Crippen MR) is 58.1 cm³/mol. The Bertz CT molecular complexity index is 401.